The third kappa shape index (κ3) is 4.27. The smallest absolute Gasteiger partial charge is 0.264 e. The van der Waals surface area contributed by atoms with E-state index >= 15 is 0 Å². The van der Waals surface area contributed by atoms with Crippen molar-refractivity contribution in [3.63, 3.8) is 0 Å². The zero-order valence-corrected chi connectivity index (χ0v) is 20.9. The van der Waals surface area contributed by atoms with Crippen molar-refractivity contribution in [2.75, 3.05) is 11.9 Å². The SMILES string of the molecule is CC(C)Oc1ccc(-c2cc(NCC34CCC(c5noc(C6(F)CC6)n5)(CC3)CC4)ccc2F)cc1. The van der Waals surface area contributed by atoms with Gasteiger partial charge in [0.1, 0.15) is 11.6 Å². The molecule has 0 amide bonds. The van der Waals surface area contributed by atoms with E-state index in [4.69, 9.17) is 9.26 Å². The molecule has 7 rings (SSSR count). The second-order valence-corrected chi connectivity index (χ2v) is 11.4. The second-order valence-electron chi connectivity index (χ2n) is 11.4. The van der Waals surface area contributed by atoms with Gasteiger partial charge in [-0.25, -0.2) is 8.78 Å². The zero-order valence-electron chi connectivity index (χ0n) is 20.9. The van der Waals surface area contributed by atoms with E-state index in [1.54, 1.807) is 0 Å². The number of fused-ring (bicyclic) bond motifs is 3. The Morgan fingerprint density at radius 2 is 1.67 bits per heavy atom. The van der Waals surface area contributed by atoms with Gasteiger partial charge in [0.25, 0.3) is 5.89 Å². The van der Waals surface area contributed by atoms with Crippen LogP contribution in [0.4, 0.5) is 14.5 Å². The molecule has 0 unspecified atom stereocenters. The molecule has 4 fully saturated rings. The Kier molecular flexibility index (Phi) is 5.58. The highest BCUT2D eigenvalue weighted by Gasteiger charge is 2.54. The third-order valence-corrected chi connectivity index (χ3v) is 8.55. The summed E-state index contributed by atoms with van der Waals surface area (Å²) in [5, 5.41) is 7.81. The summed E-state index contributed by atoms with van der Waals surface area (Å²) < 4.78 is 40.1. The molecule has 3 aromatic rings. The van der Waals surface area contributed by atoms with Crippen molar-refractivity contribution in [1.82, 2.24) is 10.1 Å². The van der Waals surface area contributed by atoms with E-state index in [1.807, 2.05) is 50.2 Å². The van der Waals surface area contributed by atoms with Gasteiger partial charge < -0.3 is 14.6 Å². The number of nitrogens with one attached hydrogen (secondary N) is 1. The van der Waals surface area contributed by atoms with E-state index < -0.39 is 5.67 Å². The standard InChI is InChI=1S/C29H33F2N3O2/c1-19(2)35-22-6-3-20(4-7-22)23-17-21(5-8-24(23)30)32-18-27-9-12-28(13-10-27,14-11-27)25-33-26(36-34-25)29(31)15-16-29/h3-8,17,19,32H,9-16,18H2,1-2H3. The maximum absolute atomic E-state index is 14.7. The molecule has 1 heterocycles. The van der Waals surface area contributed by atoms with E-state index in [0.717, 1.165) is 62.1 Å². The van der Waals surface area contributed by atoms with Gasteiger partial charge >= 0.3 is 0 Å². The maximum atomic E-state index is 14.7. The Bertz CT molecular complexity index is 1230. The summed E-state index contributed by atoms with van der Waals surface area (Å²) in [6.07, 6.45) is 7.24. The quantitative estimate of drug-likeness (QED) is 0.356. The largest absolute Gasteiger partial charge is 0.491 e. The van der Waals surface area contributed by atoms with Crippen LogP contribution in [0.2, 0.25) is 0 Å². The number of nitrogens with zero attached hydrogens (tertiary/aromatic N) is 2. The topological polar surface area (TPSA) is 60.2 Å². The van der Waals surface area contributed by atoms with Crippen molar-refractivity contribution in [3.05, 3.63) is 60.0 Å². The Balaban J connectivity index is 1.11. The molecule has 7 heteroatoms. The van der Waals surface area contributed by atoms with Crippen molar-refractivity contribution in [2.24, 2.45) is 5.41 Å². The first-order valence-electron chi connectivity index (χ1n) is 13.1. The van der Waals surface area contributed by atoms with Crippen LogP contribution in [0.3, 0.4) is 0 Å². The Morgan fingerprint density at radius 1 is 0.972 bits per heavy atom. The molecule has 4 aliphatic carbocycles. The average Bonchev–Trinajstić information content (AvgIpc) is 3.42. The first kappa shape index (κ1) is 23.4. The molecule has 0 saturated heterocycles. The number of anilines is 1. The molecule has 1 N–H and O–H groups in total. The normalized spacial score (nSPS) is 26.2. The number of hydrogen-bond donors (Lipinski definition) is 1. The summed E-state index contributed by atoms with van der Waals surface area (Å²) in [6.45, 7) is 4.81. The highest BCUT2D eigenvalue weighted by Crippen LogP contribution is 2.58. The molecule has 5 nitrogen and oxygen atoms in total. The molecule has 0 atom stereocenters. The molecule has 4 aliphatic rings. The predicted molar refractivity (Wildman–Crippen MR) is 134 cm³/mol. The maximum Gasteiger partial charge on any atom is 0.264 e. The van der Waals surface area contributed by atoms with Crippen molar-refractivity contribution < 1.29 is 18.0 Å². The Morgan fingerprint density at radius 3 is 2.31 bits per heavy atom. The molecule has 0 spiro atoms. The number of halogens is 2. The van der Waals surface area contributed by atoms with E-state index in [2.05, 4.69) is 15.5 Å². The summed E-state index contributed by atoms with van der Waals surface area (Å²) >= 11 is 0. The summed E-state index contributed by atoms with van der Waals surface area (Å²) in [5.74, 6) is 1.42. The number of rotatable bonds is 8. The minimum atomic E-state index is -1.38. The predicted octanol–water partition coefficient (Wildman–Crippen LogP) is 7.33. The first-order chi connectivity index (χ1) is 17.3. The van der Waals surface area contributed by atoms with Gasteiger partial charge in [-0.15, -0.1) is 0 Å². The van der Waals surface area contributed by atoms with Crippen LogP contribution in [0, 0.1) is 11.2 Å². The van der Waals surface area contributed by atoms with Crippen LogP contribution in [0.25, 0.3) is 11.1 Å². The van der Waals surface area contributed by atoms with Crippen LogP contribution in [-0.4, -0.2) is 22.8 Å². The monoisotopic (exact) mass is 493 g/mol. The number of alkyl halides is 1. The van der Waals surface area contributed by atoms with Crippen molar-refractivity contribution in [3.8, 4) is 16.9 Å². The highest BCUT2D eigenvalue weighted by molar-refractivity contribution is 5.69. The van der Waals surface area contributed by atoms with Crippen LogP contribution < -0.4 is 10.1 Å². The van der Waals surface area contributed by atoms with Gasteiger partial charge in [-0.1, -0.05) is 17.3 Å². The molecule has 0 radical (unpaired) electrons. The lowest BCUT2D eigenvalue weighted by Crippen LogP contribution is -2.47. The lowest BCUT2D eigenvalue weighted by Gasteiger charge is -2.52. The van der Waals surface area contributed by atoms with E-state index in [9.17, 15) is 8.78 Å². The van der Waals surface area contributed by atoms with E-state index in [1.165, 1.54) is 6.07 Å². The molecular formula is C29H33F2N3O2. The first-order valence-corrected chi connectivity index (χ1v) is 13.1. The minimum absolute atomic E-state index is 0.0801. The van der Waals surface area contributed by atoms with Gasteiger partial charge in [0.2, 0.25) is 0 Å². The molecular weight excluding hydrogens is 460 g/mol. The van der Waals surface area contributed by atoms with Crippen LogP contribution in [0.5, 0.6) is 5.75 Å². The zero-order chi connectivity index (χ0) is 25.0. The van der Waals surface area contributed by atoms with Crippen LogP contribution in [0.1, 0.15) is 76.9 Å². The van der Waals surface area contributed by atoms with Crippen molar-refractivity contribution >= 4 is 5.69 Å². The molecule has 1 aromatic heterocycles. The highest BCUT2D eigenvalue weighted by atomic mass is 19.1. The number of hydrogen-bond acceptors (Lipinski definition) is 5. The van der Waals surface area contributed by atoms with E-state index in [0.29, 0.717) is 24.2 Å². The molecule has 2 bridgehead atoms. The molecule has 36 heavy (non-hydrogen) atoms. The lowest BCUT2D eigenvalue weighted by atomic mass is 9.53. The average molecular weight is 494 g/mol. The molecule has 190 valence electrons. The number of ether oxygens (including phenoxy) is 1. The lowest BCUT2D eigenvalue weighted by molar-refractivity contribution is 0.0445. The van der Waals surface area contributed by atoms with Gasteiger partial charge in [0.15, 0.2) is 11.5 Å². The van der Waals surface area contributed by atoms with Crippen molar-refractivity contribution in [2.45, 2.75) is 82.4 Å². The Labute approximate surface area is 210 Å². The molecule has 0 aliphatic heterocycles. The summed E-state index contributed by atoms with van der Waals surface area (Å²) in [6, 6.07) is 12.8. The fourth-order valence-electron chi connectivity index (χ4n) is 5.94. The van der Waals surface area contributed by atoms with Crippen molar-refractivity contribution in [1.29, 1.82) is 0 Å². The molecule has 2 aromatic carbocycles. The van der Waals surface area contributed by atoms with Crippen LogP contribution >= 0.6 is 0 Å². The fraction of sp³-hybridized carbons (Fsp3) is 0.517. The van der Waals surface area contributed by atoms with Gasteiger partial charge in [0.05, 0.1) is 6.10 Å². The fourth-order valence-corrected chi connectivity index (χ4v) is 5.94. The molecule has 4 saturated carbocycles. The number of aromatic nitrogens is 2. The minimum Gasteiger partial charge on any atom is -0.491 e. The Hall–Kier alpha value is -2.96. The van der Waals surface area contributed by atoms with Gasteiger partial charge in [0, 0.05) is 23.2 Å². The number of benzene rings is 2. The van der Waals surface area contributed by atoms with Crippen LogP contribution in [-0.2, 0) is 11.1 Å². The van der Waals surface area contributed by atoms with E-state index in [-0.39, 0.29) is 28.6 Å². The van der Waals surface area contributed by atoms with Gasteiger partial charge in [-0.2, -0.15) is 4.98 Å². The van der Waals surface area contributed by atoms with Crippen LogP contribution in [0.15, 0.2) is 47.0 Å². The second kappa shape index (κ2) is 8.56. The summed E-state index contributed by atoms with van der Waals surface area (Å²) in [5.41, 5.74) is 1.07. The van der Waals surface area contributed by atoms with Gasteiger partial charge in [-0.05, 0) is 107 Å². The summed E-state index contributed by atoms with van der Waals surface area (Å²) in [7, 11) is 0. The van der Waals surface area contributed by atoms with Gasteiger partial charge in [-0.3, -0.25) is 0 Å². The third-order valence-electron chi connectivity index (χ3n) is 8.55. The summed E-state index contributed by atoms with van der Waals surface area (Å²) in [4.78, 5) is 4.51.